The minimum absolute atomic E-state index is 0.0137. The molecular formula is C18H13N3O6. The number of aromatic carboxylic acids is 1. The molecule has 1 aliphatic rings. The number of benzene rings is 2. The Morgan fingerprint density at radius 2 is 2.00 bits per heavy atom. The molecule has 0 bridgehead atoms. The van der Waals surface area contributed by atoms with Crippen molar-refractivity contribution in [3.05, 3.63) is 69.3 Å². The normalized spacial score (nSPS) is 15.1. The van der Waals surface area contributed by atoms with Gasteiger partial charge in [-0.05, 0) is 42.8 Å². The number of nitrogens with zero attached hydrogens (tertiary/aromatic N) is 3. The van der Waals surface area contributed by atoms with Gasteiger partial charge < -0.3 is 10.2 Å². The van der Waals surface area contributed by atoms with Crippen LogP contribution in [0.4, 0.5) is 11.4 Å². The van der Waals surface area contributed by atoms with Crippen LogP contribution in [0.15, 0.2) is 53.1 Å². The molecule has 9 heteroatoms. The second-order valence-electron chi connectivity index (χ2n) is 5.72. The second-order valence-corrected chi connectivity index (χ2v) is 5.72. The smallest absolute Gasteiger partial charge is 0.335 e. The third kappa shape index (κ3) is 3.38. The number of nitro benzene ring substituents is 1. The molecule has 0 unspecified atom stereocenters. The highest BCUT2D eigenvalue weighted by Gasteiger charge is 2.29. The molecule has 9 nitrogen and oxygen atoms in total. The minimum Gasteiger partial charge on any atom is -0.502 e. The average Bonchev–Trinajstić information content (AvgIpc) is 2.91. The number of carboxylic acids is 1. The van der Waals surface area contributed by atoms with Crippen LogP contribution in [-0.4, -0.2) is 32.7 Å². The first-order valence-electron chi connectivity index (χ1n) is 7.70. The fourth-order valence-electron chi connectivity index (χ4n) is 2.57. The molecule has 0 aliphatic carbocycles. The van der Waals surface area contributed by atoms with Crippen LogP contribution < -0.4 is 5.01 Å². The number of phenols is 1. The summed E-state index contributed by atoms with van der Waals surface area (Å²) < 4.78 is 0. The lowest BCUT2D eigenvalue weighted by atomic mass is 10.1. The van der Waals surface area contributed by atoms with Gasteiger partial charge in [0.15, 0.2) is 5.75 Å². The number of nitro groups is 1. The summed E-state index contributed by atoms with van der Waals surface area (Å²) in [6.07, 6.45) is 1.43. The van der Waals surface area contributed by atoms with Gasteiger partial charge in [0.05, 0.1) is 27.5 Å². The fraction of sp³-hybridized carbons (Fsp3) is 0.0556. The Hall–Kier alpha value is -4.01. The number of phenolic OH excluding ortho intramolecular Hbond substituents is 1. The monoisotopic (exact) mass is 367 g/mol. The molecule has 27 heavy (non-hydrogen) atoms. The van der Waals surface area contributed by atoms with E-state index in [0.29, 0.717) is 17.0 Å². The number of rotatable bonds is 4. The topological polar surface area (TPSA) is 133 Å². The van der Waals surface area contributed by atoms with E-state index < -0.39 is 28.2 Å². The van der Waals surface area contributed by atoms with Crippen LogP contribution in [0.5, 0.6) is 5.75 Å². The molecule has 0 saturated carbocycles. The number of hydrogen-bond donors (Lipinski definition) is 2. The van der Waals surface area contributed by atoms with E-state index in [1.165, 1.54) is 36.4 Å². The molecule has 1 amide bonds. The van der Waals surface area contributed by atoms with Gasteiger partial charge in [-0.1, -0.05) is 12.1 Å². The van der Waals surface area contributed by atoms with E-state index in [-0.39, 0.29) is 11.1 Å². The molecule has 0 atom stereocenters. The van der Waals surface area contributed by atoms with Crippen LogP contribution in [0.3, 0.4) is 0 Å². The Balaban J connectivity index is 1.97. The lowest BCUT2D eigenvalue weighted by Gasteiger charge is -2.12. The van der Waals surface area contributed by atoms with Gasteiger partial charge in [0.2, 0.25) is 0 Å². The Morgan fingerprint density at radius 3 is 2.67 bits per heavy atom. The van der Waals surface area contributed by atoms with Gasteiger partial charge in [0, 0.05) is 6.07 Å². The van der Waals surface area contributed by atoms with Crippen LogP contribution in [0.1, 0.15) is 22.8 Å². The maximum absolute atomic E-state index is 12.7. The zero-order chi connectivity index (χ0) is 19.7. The highest BCUT2D eigenvalue weighted by atomic mass is 16.6. The first kappa shape index (κ1) is 17.8. The maximum atomic E-state index is 12.7. The molecule has 0 saturated heterocycles. The fourth-order valence-corrected chi connectivity index (χ4v) is 2.57. The number of hydrazone groups is 1. The quantitative estimate of drug-likeness (QED) is 0.485. The van der Waals surface area contributed by atoms with Gasteiger partial charge in [0.25, 0.3) is 5.91 Å². The van der Waals surface area contributed by atoms with Crippen molar-refractivity contribution in [2.75, 3.05) is 5.01 Å². The highest BCUT2D eigenvalue weighted by molar-refractivity contribution is 6.32. The SMILES string of the molecule is CC1=NN(c2cccc(C(=O)O)c2)C(=O)/C1=C/c1ccc(O)c([N+](=O)[O-])c1. The van der Waals surface area contributed by atoms with Crippen molar-refractivity contribution >= 4 is 35.0 Å². The molecule has 2 aromatic rings. The molecule has 2 N–H and O–H groups in total. The zero-order valence-corrected chi connectivity index (χ0v) is 14.0. The van der Waals surface area contributed by atoms with Crippen molar-refractivity contribution in [3.8, 4) is 5.75 Å². The summed E-state index contributed by atoms with van der Waals surface area (Å²) in [7, 11) is 0. The van der Waals surface area contributed by atoms with Crippen molar-refractivity contribution in [1.82, 2.24) is 0 Å². The third-order valence-electron chi connectivity index (χ3n) is 3.91. The first-order valence-corrected chi connectivity index (χ1v) is 7.70. The predicted octanol–water partition coefficient (Wildman–Crippen LogP) is 2.80. The van der Waals surface area contributed by atoms with Gasteiger partial charge >= 0.3 is 11.7 Å². The van der Waals surface area contributed by atoms with Crippen LogP contribution in [0.2, 0.25) is 0 Å². The molecule has 136 valence electrons. The third-order valence-corrected chi connectivity index (χ3v) is 3.91. The molecule has 0 fully saturated rings. The molecule has 0 aromatic heterocycles. The van der Waals surface area contributed by atoms with E-state index >= 15 is 0 Å². The van der Waals surface area contributed by atoms with Crippen molar-refractivity contribution in [1.29, 1.82) is 0 Å². The van der Waals surface area contributed by atoms with E-state index in [1.54, 1.807) is 13.0 Å². The Bertz CT molecular complexity index is 1040. The van der Waals surface area contributed by atoms with Gasteiger partial charge in [-0.3, -0.25) is 14.9 Å². The molecule has 0 radical (unpaired) electrons. The van der Waals surface area contributed by atoms with Gasteiger partial charge in [-0.2, -0.15) is 10.1 Å². The number of aromatic hydroxyl groups is 1. The van der Waals surface area contributed by atoms with E-state index in [1.807, 2.05) is 0 Å². The summed E-state index contributed by atoms with van der Waals surface area (Å²) in [4.78, 5) is 34.0. The Morgan fingerprint density at radius 1 is 1.26 bits per heavy atom. The average molecular weight is 367 g/mol. The highest BCUT2D eigenvalue weighted by Crippen LogP contribution is 2.29. The summed E-state index contributed by atoms with van der Waals surface area (Å²) >= 11 is 0. The molecular weight excluding hydrogens is 354 g/mol. The molecule has 3 rings (SSSR count). The first-order chi connectivity index (χ1) is 12.8. The lowest BCUT2D eigenvalue weighted by molar-refractivity contribution is -0.385. The lowest BCUT2D eigenvalue weighted by Crippen LogP contribution is -2.21. The van der Waals surface area contributed by atoms with E-state index in [0.717, 1.165) is 11.1 Å². The largest absolute Gasteiger partial charge is 0.502 e. The summed E-state index contributed by atoms with van der Waals surface area (Å²) in [6, 6.07) is 9.53. The summed E-state index contributed by atoms with van der Waals surface area (Å²) in [6.45, 7) is 1.60. The van der Waals surface area contributed by atoms with E-state index in [9.17, 15) is 24.8 Å². The number of hydrogen-bond acceptors (Lipinski definition) is 6. The standard InChI is InChI=1S/C18H13N3O6/c1-10-14(7-11-5-6-16(22)15(8-11)21(26)27)17(23)20(19-10)13-4-2-3-12(9-13)18(24)25/h2-9,22H,1H3,(H,24,25)/b14-7+. The van der Waals surface area contributed by atoms with Crippen molar-refractivity contribution < 1.29 is 24.7 Å². The van der Waals surface area contributed by atoms with Crippen LogP contribution in [-0.2, 0) is 4.79 Å². The molecule has 0 spiro atoms. The van der Waals surface area contributed by atoms with Crippen molar-refractivity contribution in [3.63, 3.8) is 0 Å². The predicted molar refractivity (Wildman–Crippen MR) is 96.7 cm³/mol. The number of anilines is 1. The van der Waals surface area contributed by atoms with E-state index in [2.05, 4.69) is 5.10 Å². The zero-order valence-electron chi connectivity index (χ0n) is 14.0. The molecule has 1 aliphatic heterocycles. The van der Waals surface area contributed by atoms with Crippen LogP contribution in [0.25, 0.3) is 6.08 Å². The number of carbonyl (C=O) groups excluding carboxylic acids is 1. The summed E-state index contributed by atoms with van der Waals surface area (Å²) in [5.41, 5.74) is 0.750. The van der Waals surface area contributed by atoms with Gasteiger partial charge in [-0.15, -0.1) is 0 Å². The second kappa shape index (κ2) is 6.71. The number of carbonyl (C=O) groups is 2. The Labute approximate surface area is 152 Å². The number of amides is 1. The maximum Gasteiger partial charge on any atom is 0.335 e. The molecule has 1 heterocycles. The minimum atomic E-state index is -1.13. The van der Waals surface area contributed by atoms with Crippen molar-refractivity contribution in [2.24, 2.45) is 5.10 Å². The van der Waals surface area contributed by atoms with Crippen LogP contribution in [0, 0.1) is 10.1 Å². The van der Waals surface area contributed by atoms with Gasteiger partial charge in [0.1, 0.15) is 0 Å². The Kier molecular flexibility index (Phi) is 4.43. The number of carboxylic acid groups (broad SMARTS) is 1. The molecule has 2 aromatic carbocycles. The van der Waals surface area contributed by atoms with Crippen LogP contribution >= 0.6 is 0 Å². The summed E-state index contributed by atoms with van der Waals surface area (Å²) in [5, 5.41) is 34.8. The van der Waals surface area contributed by atoms with E-state index in [4.69, 9.17) is 5.11 Å². The van der Waals surface area contributed by atoms with Crippen molar-refractivity contribution in [2.45, 2.75) is 6.92 Å². The summed E-state index contributed by atoms with van der Waals surface area (Å²) in [5.74, 6) is -2.10. The van der Waals surface area contributed by atoms with Gasteiger partial charge in [-0.25, -0.2) is 4.79 Å².